The first-order valence-corrected chi connectivity index (χ1v) is 12.3. The van der Waals surface area contributed by atoms with E-state index in [4.69, 9.17) is 10.1 Å². The minimum absolute atomic E-state index is 0.0192. The van der Waals surface area contributed by atoms with Crippen molar-refractivity contribution in [3.63, 3.8) is 0 Å². The molecular formula is C28H35N3O5. The minimum atomic E-state index is -2.03. The van der Waals surface area contributed by atoms with Crippen LogP contribution in [0.3, 0.4) is 0 Å². The van der Waals surface area contributed by atoms with Gasteiger partial charge in [-0.25, -0.2) is 4.98 Å². The van der Waals surface area contributed by atoms with Gasteiger partial charge in [0, 0.05) is 48.8 Å². The molecule has 0 aliphatic rings. The van der Waals surface area contributed by atoms with E-state index in [9.17, 15) is 19.8 Å². The Bertz CT molecular complexity index is 1160. The SMILES string of the molecule is CCN(C(=O)c1nc(-c2ccccc2)c(CCC(O)(O)CCCC(=O)O)n1C(C)C)c1ccccc1. The lowest BCUT2D eigenvalue weighted by atomic mass is 10.00. The number of nitrogens with zero attached hydrogens (tertiary/aromatic N) is 3. The molecular weight excluding hydrogens is 458 g/mol. The number of benzene rings is 2. The van der Waals surface area contributed by atoms with Crippen LogP contribution in [0.2, 0.25) is 0 Å². The monoisotopic (exact) mass is 493 g/mol. The number of anilines is 1. The molecule has 1 amide bonds. The van der Waals surface area contributed by atoms with Gasteiger partial charge in [-0.3, -0.25) is 9.59 Å². The molecule has 0 atom stereocenters. The van der Waals surface area contributed by atoms with Crippen LogP contribution in [0.15, 0.2) is 60.7 Å². The van der Waals surface area contributed by atoms with E-state index >= 15 is 0 Å². The average Bonchev–Trinajstić information content (AvgIpc) is 3.24. The Balaban J connectivity index is 2.03. The van der Waals surface area contributed by atoms with Crippen LogP contribution in [0, 0.1) is 0 Å². The fraction of sp³-hybridized carbons (Fsp3) is 0.393. The fourth-order valence-electron chi connectivity index (χ4n) is 4.38. The molecule has 0 unspecified atom stereocenters. The van der Waals surface area contributed by atoms with Crippen LogP contribution < -0.4 is 4.90 Å². The summed E-state index contributed by atoms with van der Waals surface area (Å²) in [6.07, 6.45) is 0.199. The highest BCUT2D eigenvalue weighted by atomic mass is 16.5. The molecule has 0 aliphatic heterocycles. The Morgan fingerprint density at radius 3 is 2.17 bits per heavy atom. The molecule has 1 heterocycles. The van der Waals surface area contributed by atoms with Crippen LogP contribution >= 0.6 is 0 Å². The van der Waals surface area contributed by atoms with Gasteiger partial charge >= 0.3 is 5.97 Å². The number of aromatic nitrogens is 2. The summed E-state index contributed by atoms with van der Waals surface area (Å²) >= 11 is 0. The smallest absolute Gasteiger partial charge is 0.303 e. The van der Waals surface area contributed by atoms with Crippen molar-refractivity contribution >= 4 is 17.6 Å². The summed E-state index contributed by atoms with van der Waals surface area (Å²) in [7, 11) is 0. The number of imidazole rings is 1. The van der Waals surface area contributed by atoms with E-state index in [-0.39, 0.29) is 49.9 Å². The molecule has 36 heavy (non-hydrogen) atoms. The lowest BCUT2D eigenvalue weighted by molar-refractivity contribution is -0.171. The summed E-state index contributed by atoms with van der Waals surface area (Å²) in [5.41, 5.74) is 2.96. The summed E-state index contributed by atoms with van der Waals surface area (Å²) in [6.45, 7) is 6.31. The number of carboxylic acids is 1. The van der Waals surface area contributed by atoms with Crippen LogP contribution in [0.4, 0.5) is 5.69 Å². The van der Waals surface area contributed by atoms with Crippen LogP contribution in [-0.4, -0.2) is 49.1 Å². The van der Waals surface area contributed by atoms with E-state index in [1.807, 2.05) is 86.0 Å². The first-order chi connectivity index (χ1) is 17.1. The van der Waals surface area contributed by atoms with Gasteiger partial charge in [0.2, 0.25) is 5.82 Å². The standard InChI is InChI=1S/C28H35N3O5/c1-4-30(22-14-9-6-10-15-22)27(34)26-29-25(21-12-7-5-8-13-21)23(31(26)20(2)3)17-19-28(35,36)18-11-16-24(32)33/h5-10,12-15,20,35-36H,4,11,16-19H2,1-3H3,(H,32,33). The van der Waals surface area contributed by atoms with Crippen molar-refractivity contribution in [2.75, 3.05) is 11.4 Å². The van der Waals surface area contributed by atoms with Crippen molar-refractivity contribution in [2.24, 2.45) is 0 Å². The maximum absolute atomic E-state index is 13.8. The Morgan fingerprint density at radius 2 is 1.61 bits per heavy atom. The van der Waals surface area contributed by atoms with Crippen molar-refractivity contribution in [1.29, 1.82) is 0 Å². The van der Waals surface area contributed by atoms with Crippen molar-refractivity contribution in [3.8, 4) is 11.3 Å². The van der Waals surface area contributed by atoms with E-state index in [0.717, 1.165) is 16.9 Å². The second-order valence-electron chi connectivity index (χ2n) is 9.18. The van der Waals surface area contributed by atoms with E-state index in [2.05, 4.69) is 0 Å². The van der Waals surface area contributed by atoms with Gasteiger partial charge in [-0.05, 0) is 45.7 Å². The highest BCUT2D eigenvalue weighted by Gasteiger charge is 2.30. The zero-order valence-electron chi connectivity index (χ0n) is 21.1. The number of para-hydroxylation sites is 1. The number of aliphatic hydroxyl groups is 2. The summed E-state index contributed by atoms with van der Waals surface area (Å²) in [4.78, 5) is 31.1. The summed E-state index contributed by atoms with van der Waals surface area (Å²) in [5.74, 6) is -2.95. The Kier molecular flexibility index (Phi) is 9.01. The van der Waals surface area contributed by atoms with Crippen LogP contribution in [0.1, 0.15) is 68.8 Å². The number of hydrogen-bond acceptors (Lipinski definition) is 5. The van der Waals surface area contributed by atoms with Crippen LogP contribution in [0.25, 0.3) is 11.3 Å². The fourth-order valence-corrected chi connectivity index (χ4v) is 4.38. The minimum Gasteiger partial charge on any atom is -0.481 e. The molecule has 0 fully saturated rings. The van der Waals surface area contributed by atoms with E-state index < -0.39 is 11.8 Å². The quantitative estimate of drug-likeness (QED) is 0.316. The molecule has 3 N–H and O–H groups in total. The molecule has 8 nitrogen and oxygen atoms in total. The number of carbonyl (C=O) groups excluding carboxylic acids is 1. The molecule has 8 heteroatoms. The van der Waals surface area contributed by atoms with Gasteiger partial charge in [0.05, 0.1) is 5.69 Å². The molecule has 0 saturated carbocycles. The Hall–Kier alpha value is -3.49. The van der Waals surface area contributed by atoms with Gasteiger partial charge in [0.15, 0.2) is 5.79 Å². The zero-order valence-corrected chi connectivity index (χ0v) is 21.1. The van der Waals surface area contributed by atoms with E-state index in [0.29, 0.717) is 12.2 Å². The number of aliphatic carboxylic acids is 1. The molecule has 1 aromatic heterocycles. The normalized spacial score (nSPS) is 11.6. The second kappa shape index (κ2) is 12.0. The number of carbonyl (C=O) groups is 2. The molecule has 3 aromatic rings. The number of rotatable bonds is 12. The average molecular weight is 494 g/mol. The molecule has 192 valence electrons. The predicted molar refractivity (Wildman–Crippen MR) is 139 cm³/mol. The number of amides is 1. The largest absolute Gasteiger partial charge is 0.481 e. The predicted octanol–water partition coefficient (Wildman–Crippen LogP) is 4.67. The molecule has 3 rings (SSSR count). The van der Waals surface area contributed by atoms with Gasteiger partial charge in [0.25, 0.3) is 5.91 Å². The number of carboxylic acid groups (broad SMARTS) is 1. The molecule has 0 saturated heterocycles. The van der Waals surface area contributed by atoms with E-state index in [1.165, 1.54) is 0 Å². The van der Waals surface area contributed by atoms with E-state index in [1.54, 1.807) is 4.90 Å². The second-order valence-corrected chi connectivity index (χ2v) is 9.18. The summed E-state index contributed by atoms with van der Waals surface area (Å²) < 4.78 is 1.88. The highest BCUT2D eigenvalue weighted by Crippen LogP contribution is 2.31. The molecule has 2 aromatic carbocycles. The van der Waals surface area contributed by atoms with Crippen molar-refractivity contribution < 1.29 is 24.9 Å². The lowest BCUT2D eigenvalue weighted by Crippen LogP contribution is -2.33. The maximum atomic E-state index is 13.8. The molecule has 0 spiro atoms. The van der Waals surface area contributed by atoms with Gasteiger partial charge in [0.1, 0.15) is 0 Å². The van der Waals surface area contributed by atoms with Crippen molar-refractivity contribution in [1.82, 2.24) is 9.55 Å². The topological polar surface area (TPSA) is 116 Å². The van der Waals surface area contributed by atoms with Crippen LogP contribution in [-0.2, 0) is 11.2 Å². The zero-order chi connectivity index (χ0) is 26.3. The van der Waals surface area contributed by atoms with Gasteiger partial charge < -0.3 is 24.8 Å². The van der Waals surface area contributed by atoms with Gasteiger partial charge in [-0.2, -0.15) is 0 Å². The third kappa shape index (κ3) is 6.59. The van der Waals surface area contributed by atoms with Crippen molar-refractivity contribution in [3.05, 3.63) is 72.2 Å². The Labute approximate surface area is 211 Å². The first-order valence-electron chi connectivity index (χ1n) is 12.3. The lowest BCUT2D eigenvalue weighted by Gasteiger charge is -2.24. The molecule has 0 bridgehead atoms. The number of hydrogen-bond donors (Lipinski definition) is 3. The van der Waals surface area contributed by atoms with Crippen LogP contribution in [0.5, 0.6) is 0 Å². The highest BCUT2D eigenvalue weighted by molar-refractivity contribution is 6.04. The summed E-state index contributed by atoms with van der Waals surface area (Å²) in [6, 6.07) is 18.8. The molecule has 0 radical (unpaired) electrons. The third-order valence-corrected chi connectivity index (χ3v) is 6.12. The maximum Gasteiger partial charge on any atom is 0.303 e. The van der Waals surface area contributed by atoms with Gasteiger partial charge in [-0.15, -0.1) is 0 Å². The summed E-state index contributed by atoms with van der Waals surface area (Å²) in [5, 5.41) is 29.9. The first kappa shape index (κ1) is 27.1. The Morgan fingerprint density at radius 1 is 1.00 bits per heavy atom. The van der Waals surface area contributed by atoms with Crippen molar-refractivity contribution in [2.45, 2.75) is 64.7 Å². The third-order valence-electron chi connectivity index (χ3n) is 6.12. The van der Waals surface area contributed by atoms with Gasteiger partial charge in [-0.1, -0.05) is 48.5 Å². The molecule has 0 aliphatic carbocycles.